The van der Waals surface area contributed by atoms with Crippen molar-refractivity contribution < 1.29 is 19.0 Å². The average molecular weight is 263 g/mol. The normalized spacial score (nSPS) is 28.4. The second-order valence-corrected chi connectivity index (χ2v) is 4.22. The number of carbonyl (C=O) groups is 1. The smallest absolute Gasteiger partial charge is 0.336 e. The van der Waals surface area contributed by atoms with Gasteiger partial charge in [0.2, 0.25) is 6.29 Å². The van der Waals surface area contributed by atoms with Crippen LogP contribution in [0.15, 0.2) is 34.6 Å². The molecule has 0 amide bonds. The van der Waals surface area contributed by atoms with Crippen molar-refractivity contribution in [2.24, 2.45) is 10.3 Å². The fourth-order valence-electron chi connectivity index (χ4n) is 2.21. The Kier molecular flexibility index (Phi) is 2.83. The third-order valence-corrected chi connectivity index (χ3v) is 3.19. The molecule has 0 bridgehead atoms. The molecule has 0 aromatic heterocycles. The summed E-state index contributed by atoms with van der Waals surface area (Å²) < 4.78 is 15.3. The van der Waals surface area contributed by atoms with E-state index in [0.29, 0.717) is 0 Å². The quantitative estimate of drug-likeness (QED) is 0.765. The monoisotopic (exact) mass is 263 g/mol. The Hall–Kier alpha value is -2.15. The third-order valence-electron chi connectivity index (χ3n) is 3.19. The van der Waals surface area contributed by atoms with Crippen molar-refractivity contribution in [3.8, 4) is 5.75 Å². The van der Waals surface area contributed by atoms with Crippen molar-refractivity contribution >= 4 is 11.7 Å². The summed E-state index contributed by atoms with van der Waals surface area (Å²) in [4.78, 5) is 11.8. The van der Waals surface area contributed by atoms with E-state index >= 15 is 0 Å². The van der Waals surface area contributed by atoms with Crippen LogP contribution in [0.25, 0.3) is 0 Å². The van der Waals surface area contributed by atoms with Crippen LogP contribution < -0.4 is 9.75 Å². The number of nitrogens with zero attached hydrogens (tertiary/aromatic N) is 3. The maximum absolute atomic E-state index is 11.8. The van der Waals surface area contributed by atoms with Gasteiger partial charge in [0.05, 0.1) is 12.8 Å². The van der Waals surface area contributed by atoms with Crippen LogP contribution in [0.3, 0.4) is 0 Å². The van der Waals surface area contributed by atoms with Gasteiger partial charge in [-0.15, -0.1) is 0 Å². The Bertz CT molecular complexity index is 516. The van der Waals surface area contributed by atoms with Gasteiger partial charge in [0.15, 0.2) is 12.1 Å². The van der Waals surface area contributed by atoms with Crippen molar-refractivity contribution in [2.45, 2.75) is 18.4 Å². The van der Waals surface area contributed by atoms with Gasteiger partial charge in [-0.2, -0.15) is 5.11 Å². The summed E-state index contributed by atoms with van der Waals surface area (Å²) in [6, 6.07) is 6.25. The second kappa shape index (κ2) is 4.51. The molecule has 1 aromatic carbocycles. The number of methoxy groups -OCH3 is 2. The Morgan fingerprint density at radius 3 is 2.63 bits per heavy atom. The number of hydrogen-bond acceptors (Lipinski definition) is 7. The van der Waals surface area contributed by atoms with Crippen molar-refractivity contribution in [1.29, 1.82) is 0 Å². The van der Waals surface area contributed by atoms with Crippen LogP contribution in [0.4, 0.5) is 5.69 Å². The molecule has 2 aliphatic heterocycles. The van der Waals surface area contributed by atoms with Crippen molar-refractivity contribution in [3.63, 3.8) is 0 Å². The van der Waals surface area contributed by atoms with Gasteiger partial charge in [-0.05, 0) is 24.3 Å². The van der Waals surface area contributed by atoms with Crippen LogP contribution in [-0.4, -0.2) is 38.6 Å². The van der Waals surface area contributed by atoms with Crippen LogP contribution in [-0.2, 0) is 14.3 Å². The molecule has 0 aliphatic carbocycles. The summed E-state index contributed by atoms with van der Waals surface area (Å²) in [5.41, 5.74) is 0.755. The molecule has 1 saturated heterocycles. The molecule has 19 heavy (non-hydrogen) atoms. The topological polar surface area (TPSA) is 72.7 Å². The first-order valence-electron chi connectivity index (χ1n) is 5.82. The molecule has 7 heteroatoms. The minimum atomic E-state index is -0.663. The Morgan fingerprint density at radius 2 is 2.00 bits per heavy atom. The van der Waals surface area contributed by atoms with Gasteiger partial charge in [-0.1, -0.05) is 5.22 Å². The van der Waals surface area contributed by atoms with E-state index in [1.54, 1.807) is 24.3 Å². The summed E-state index contributed by atoms with van der Waals surface area (Å²) >= 11 is 0. The van der Waals surface area contributed by atoms with Gasteiger partial charge in [-0.3, -0.25) is 0 Å². The lowest BCUT2D eigenvalue weighted by atomic mass is 10.1. The van der Waals surface area contributed by atoms with Gasteiger partial charge in [0.1, 0.15) is 5.75 Å². The van der Waals surface area contributed by atoms with Crippen molar-refractivity contribution in [1.82, 2.24) is 0 Å². The zero-order chi connectivity index (χ0) is 13.4. The molecule has 0 radical (unpaired) electrons. The molecule has 1 aromatic rings. The number of benzene rings is 1. The molecule has 0 saturated carbocycles. The lowest BCUT2D eigenvalue weighted by molar-refractivity contribution is -0.159. The number of anilines is 1. The summed E-state index contributed by atoms with van der Waals surface area (Å²) in [6.07, 6.45) is -0.663. The molecule has 100 valence electrons. The zero-order valence-electron chi connectivity index (χ0n) is 10.5. The van der Waals surface area contributed by atoms with Gasteiger partial charge >= 0.3 is 5.97 Å². The SMILES string of the molecule is COc1ccc(N2N=N[C@H]3[C@H](OC)OC(=O)[C@H]32)cc1. The van der Waals surface area contributed by atoms with Crippen LogP contribution in [0.1, 0.15) is 0 Å². The zero-order valence-corrected chi connectivity index (χ0v) is 10.5. The number of carbonyl (C=O) groups excluding carboxylic acids is 1. The molecule has 3 atom stereocenters. The van der Waals surface area contributed by atoms with Gasteiger partial charge in [0, 0.05) is 7.11 Å². The molecule has 0 unspecified atom stereocenters. The molecular weight excluding hydrogens is 250 g/mol. The first-order chi connectivity index (χ1) is 9.24. The molecule has 2 heterocycles. The van der Waals surface area contributed by atoms with Crippen molar-refractivity contribution in [2.75, 3.05) is 19.2 Å². The first kappa shape index (κ1) is 11.9. The van der Waals surface area contributed by atoms with Crippen LogP contribution in [0.2, 0.25) is 0 Å². The minimum Gasteiger partial charge on any atom is -0.497 e. The highest BCUT2D eigenvalue weighted by atomic mass is 16.7. The number of cyclic esters (lactones) is 1. The van der Waals surface area contributed by atoms with E-state index in [1.807, 2.05) is 12.1 Å². The maximum Gasteiger partial charge on any atom is 0.336 e. The summed E-state index contributed by atoms with van der Waals surface area (Å²) in [7, 11) is 3.07. The summed E-state index contributed by atoms with van der Waals surface area (Å²) in [6.45, 7) is 0. The maximum atomic E-state index is 11.8. The average Bonchev–Trinajstić information content (AvgIpc) is 3.01. The molecule has 2 aliphatic rings. The van der Waals surface area contributed by atoms with Crippen LogP contribution in [0.5, 0.6) is 5.75 Å². The molecule has 0 spiro atoms. The first-order valence-corrected chi connectivity index (χ1v) is 5.82. The predicted molar refractivity (Wildman–Crippen MR) is 64.8 cm³/mol. The Balaban J connectivity index is 1.86. The molecular formula is C12H13N3O4. The number of hydrogen-bond donors (Lipinski definition) is 0. The molecule has 0 N–H and O–H groups in total. The van der Waals surface area contributed by atoms with Crippen LogP contribution >= 0.6 is 0 Å². The summed E-state index contributed by atoms with van der Waals surface area (Å²) in [5, 5.41) is 9.63. The third kappa shape index (κ3) is 1.82. The minimum absolute atomic E-state index is 0.377. The van der Waals surface area contributed by atoms with Gasteiger partial charge < -0.3 is 14.2 Å². The van der Waals surface area contributed by atoms with Gasteiger partial charge in [-0.25, -0.2) is 9.80 Å². The van der Waals surface area contributed by atoms with E-state index in [1.165, 1.54) is 7.11 Å². The molecule has 7 nitrogen and oxygen atoms in total. The molecule has 1 fully saturated rings. The van der Waals surface area contributed by atoms with Crippen molar-refractivity contribution in [3.05, 3.63) is 24.3 Å². The summed E-state index contributed by atoms with van der Waals surface area (Å²) in [5.74, 6) is 0.359. The lowest BCUT2D eigenvalue weighted by Gasteiger charge is -2.17. The van der Waals surface area contributed by atoms with E-state index in [9.17, 15) is 4.79 Å². The number of esters is 1. The highest BCUT2D eigenvalue weighted by Gasteiger charge is 2.52. The van der Waals surface area contributed by atoms with E-state index in [-0.39, 0.29) is 5.97 Å². The number of ether oxygens (including phenoxy) is 3. The Morgan fingerprint density at radius 1 is 1.26 bits per heavy atom. The fraction of sp³-hybridized carbons (Fsp3) is 0.417. The highest BCUT2D eigenvalue weighted by Crippen LogP contribution is 2.34. The highest BCUT2D eigenvalue weighted by molar-refractivity contribution is 5.84. The Labute approximate surface area is 109 Å². The van der Waals surface area contributed by atoms with E-state index in [0.717, 1.165) is 11.4 Å². The second-order valence-electron chi connectivity index (χ2n) is 4.22. The number of rotatable bonds is 3. The molecule has 3 rings (SSSR count). The van der Waals surface area contributed by atoms with Gasteiger partial charge in [0.25, 0.3) is 0 Å². The largest absolute Gasteiger partial charge is 0.497 e. The standard InChI is InChI=1S/C12H13N3O4/c1-17-8-5-3-7(4-6-8)15-10-9(13-14-15)12(18-2)19-11(10)16/h3-6,9-10,12H,1-2H3/t9-,10+,12-/m1/s1. The fourth-order valence-corrected chi connectivity index (χ4v) is 2.21. The number of fused-ring (bicyclic) bond motifs is 1. The lowest BCUT2D eigenvalue weighted by Crippen LogP contribution is -2.38. The van der Waals surface area contributed by atoms with E-state index in [2.05, 4.69) is 10.3 Å². The van der Waals surface area contributed by atoms with E-state index < -0.39 is 18.4 Å². The van der Waals surface area contributed by atoms with Crippen LogP contribution in [0, 0.1) is 0 Å². The van der Waals surface area contributed by atoms with E-state index in [4.69, 9.17) is 14.2 Å². The predicted octanol–water partition coefficient (Wildman–Crippen LogP) is 1.15.